The quantitative estimate of drug-likeness (QED) is 0.565. The summed E-state index contributed by atoms with van der Waals surface area (Å²) >= 11 is 1.59. The maximum absolute atomic E-state index is 5.59. The Kier molecular flexibility index (Phi) is 3.49. The van der Waals surface area contributed by atoms with E-state index in [1.807, 2.05) is 26.2 Å². The second kappa shape index (κ2) is 4.42. The molecule has 0 aliphatic heterocycles. The van der Waals surface area contributed by atoms with E-state index in [9.17, 15) is 0 Å². The number of nitrogens with two attached hydrogens (primary N) is 1. The van der Waals surface area contributed by atoms with E-state index in [1.165, 1.54) is 0 Å². The Labute approximate surface area is 76.8 Å². The second-order valence-electron chi connectivity index (χ2n) is 2.83. The molecule has 66 valence electrons. The molecular weight excluding hydrogens is 170 g/mol. The summed E-state index contributed by atoms with van der Waals surface area (Å²) < 4.78 is 0. The molecule has 2 N–H and O–H groups in total. The minimum atomic E-state index is 0.194. The van der Waals surface area contributed by atoms with Gasteiger partial charge in [0.2, 0.25) is 0 Å². The molecule has 0 radical (unpaired) electrons. The van der Waals surface area contributed by atoms with Gasteiger partial charge in [-0.3, -0.25) is 0 Å². The SMILES string of the molecule is Cc1cnc(SC[C@H](C)N)nc1. The highest BCUT2D eigenvalue weighted by molar-refractivity contribution is 7.99. The molecule has 0 aromatic carbocycles. The van der Waals surface area contributed by atoms with Crippen molar-refractivity contribution in [1.82, 2.24) is 9.97 Å². The van der Waals surface area contributed by atoms with Gasteiger partial charge >= 0.3 is 0 Å². The Balaban J connectivity index is 2.48. The average molecular weight is 183 g/mol. The molecule has 1 aromatic heterocycles. The molecule has 0 amide bonds. The molecule has 0 fully saturated rings. The molecule has 0 saturated heterocycles. The topological polar surface area (TPSA) is 51.8 Å². The summed E-state index contributed by atoms with van der Waals surface area (Å²) in [7, 11) is 0. The summed E-state index contributed by atoms with van der Waals surface area (Å²) in [6.07, 6.45) is 3.63. The zero-order valence-electron chi connectivity index (χ0n) is 7.32. The Morgan fingerprint density at radius 3 is 2.58 bits per heavy atom. The van der Waals surface area contributed by atoms with E-state index in [0.717, 1.165) is 16.5 Å². The van der Waals surface area contributed by atoms with Crippen molar-refractivity contribution in [3.63, 3.8) is 0 Å². The maximum Gasteiger partial charge on any atom is 0.187 e. The zero-order chi connectivity index (χ0) is 8.97. The smallest absolute Gasteiger partial charge is 0.187 e. The minimum absolute atomic E-state index is 0.194. The Morgan fingerprint density at radius 2 is 2.08 bits per heavy atom. The highest BCUT2D eigenvalue weighted by atomic mass is 32.2. The third-order valence-corrected chi connectivity index (χ3v) is 2.39. The number of hydrogen-bond acceptors (Lipinski definition) is 4. The van der Waals surface area contributed by atoms with Crippen LogP contribution < -0.4 is 5.73 Å². The van der Waals surface area contributed by atoms with E-state index >= 15 is 0 Å². The molecule has 1 atom stereocenters. The molecular formula is C8H13N3S. The normalized spacial score (nSPS) is 12.9. The summed E-state index contributed by atoms with van der Waals surface area (Å²) in [6.45, 7) is 3.95. The van der Waals surface area contributed by atoms with E-state index in [0.29, 0.717) is 0 Å². The van der Waals surface area contributed by atoms with Gasteiger partial charge in [0.15, 0.2) is 5.16 Å². The van der Waals surface area contributed by atoms with Crippen LogP contribution in [-0.4, -0.2) is 21.8 Å². The molecule has 0 bridgehead atoms. The van der Waals surface area contributed by atoms with Gasteiger partial charge in [-0.2, -0.15) is 0 Å². The molecule has 1 rings (SSSR count). The first-order valence-corrected chi connectivity index (χ1v) is 4.84. The number of hydrogen-bond donors (Lipinski definition) is 1. The van der Waals surface area contributed by atoms with Gasteiger partial charge < -0.3 is 5.73 Å². The van der Waals surface area contributed by atoms with Crippen molar-refractivity contribution < 1.29 is 0 Å². The second-order valence-corrected chi connectivity index (χ2v) is 3.82. The molecule has 1 heterocycles. The van der Waals surface area contributed by atoms with Crippen LogP contribution >= 0.6 is 11.8 Å². The van der Waals surface area contributed by atoms with Crippen molar-refractivity contribution in [3.8, 4) is 0 Å². The van der Waals surface area contributed by atoms with Crippen LogP contribution in [0.2, 0.25) is 0 Å². The van der Waals surface area contributed by atoms with Crippen molar-refractivity contribution in [1.29, 1.82) is 0 Å². The van der Waals surface area contributed by atoms with Crippen LogP contribution in [0.25, 0.3) is 0 Å². The van der Waals surface area contributed by atoms with Gasteiger partial charge in [-0.1, -0.05) is 11.8 Å². The van der Waals surface area contributed by atoms with Gasteiger partial charge in [0.05, 0.1) is 0 Å². The number of rotatable bonds is 3. The van der Waals surface area contributed by atoms with Crippen LogP contribution in [0.3, 0.4) is 0 Å². The highest BCUT2D eigenvalue weighted by Gasteiger charge is 1.98. The Bertz CT molecular complexity index is 233. The van der Waals surface area contributed by atoms with Crippen LogP contribution in [0.5, 0.6) is 0 Å². The zero-order valence-corrected chi connectivity index (χ0v) is 8.14. The van der Waals surface area contributed by atoms with Crippen molar-refractivity contribution in [2.45, 2.75) is 25.0 Å². The molecule has 0 aliphatic carbocycles. The monoisotopic (exact) mass is 183 g/mol. The predicted molar refractivity (Wildman–Crippen MR) is 51.1 cm³/mol. The average Bonchev–Trinajstić information content (AvgIpc) is 2.03. The first-order chi connectivity index (χ1) is 5.68. The molecule has 4 heteroatoms. The molecule has 0 aliphatic rings. The molecule has 3 nitrogen and oxygen atoms in total. The standard InChI is InChI=1S/C8H13N3S/c1-6-3-10-8(11-4-6)12-5-7(2)9/h3-4,7H,5,9H2,1-2H3/t7-/m0/s1. The highest BCUT2D eigenvalue weighted by Crippen LogP contribution is 2.11. The van der Waals surface area contributed by atoms with Crippen LogP contribution in [0.1, 0.15) is 12.5 Å². The van der Waals surface area contributed by atoms with Gasteiger partial charge in [0.1, 0.15) is 0 Å². The van der Waals surface area contributed by atoms with Gasteiger partial charge in [-0.15, -0.1) is 0 Å². The lowest BCUT2D eigenvalue weighted by atomic mass is 10.4. The minimum Gasteiger partial charge on any atom is -0.327 e. The largest absolute Gasteiger partial charge is 0.327 e. The Morgan fingerprint density at radius 1 is 1.50 bits per heavy atom. The summed E-state index contributed by atoms with van der Waals surface area (Å²) in [5, 5.41) is 0.804. The van der Waals surface area contributed by atoms with Crippen LogP contribution in [-0.2, 0) is 0 Å². The molecule has 0 spiro atoms. The van der Waals surface area contributed by atoms with Crippen molar-refractivity contribution >= 4 is 11.8 Å². The van der Waals surface area contributed by atoms with E-state index < -0.39 is 0 Å². The van der Waals surface area contributed by atoms with Crippen LogP contribution in [0.4, 0.5) is 0 Å². The maximum atomic E-state index is 5.59. The number of nitrogens with zero attached hydrogens (tertiary/aromatic N) is 2. The van der Waals surface area contributed by atoms with E-state index in [4.69, 9.17) is 5.73 Å². The fourth-order valence-corrected chi connectivity index (χ4v) is 1.33. The lowest BCUT2D eigenvalue weighted by Gasteiger charge is -2.02. The lowest BCUT2D eigenvalue weighted by Crippen LogP contribution is -2.17. The van der Waals surface area contributed by atoms with Crippen LogP contribution in [0, 0.1) is 6.92 Å². The number of thioether (sulfide) groups is 1. The molecule has 0 unspecified atom stereocenters. The summed E-state index contributed by atoms with van der Waals surface area (Å²) in [4.78, 5) is 8.29. The van der Waals surface area contributed by atoms with Crippen molar-refractivity contribution in [3.05, 3.63) is 18.0 Å². The van der Waals surface area contributed by atoms with Gasteiger partial charge in [0.25, 0.3) is 0 Å². The van der Waals surface area contributed by atoms with E-state index in [-0.39, 0.29) is 6.04 Å². The first kappa shape index (κ1) is 9.48. The third kappa shape index (κ3) is 3.19. The van der Waals surface area contributed by atoms with Crippen molar-refractivity contribution in [2.75, 3.05) is 5.75 Å². The van der Waals surface area contributed by atoms with Gasteiger partial charge in [0, 0.05) is 24.2 Å². The first-order valence-electron chi connectivity index (χ1n) is 3.85. The lowest BCUT2D eigenvalue weighted by molar-refractivity contribution is 0.841. The predicted octanol–water partition coefficient (Wildman–Crippen LogP) is 1.22. The van der Waals surface area contributed by atoms with E-state index in [2.05, 4.69) is 9.97 Å². The fraction of sp³-hybridized carbons (Fsp3) is 0.500. The summed E-state index contributed by atoms with van der Waals surface area (Å²) in [5.41, 5.74) is 6.68. The summed E-state index contributed by atoms with van der Waals surface area (Å²) in [5.74, 6) is 0.864. The fourth-order valence-electron chi connectivity index (χ4n) is 0.661. The summed E-state index contributed by atoms with van der Waals surface area (Å²) in [6, 6.07) is 0.194. The molecule has 12 heavy (non-hydrogen) atoms. The van der Waals surface area contributed by atoms with Gasteiger partial charge in [-0.25, -0.2) is 9.97 Å². The molecule has 1 aromatic rings. The van der Waals surface area contributed by atoms with Crippen LogP contribution in [0.15, 0.2) is 17.6 Å². The number of aromatic nitrogens is 2. The molecule has 0 saturated carbocycles. The van der Waals surface area contributed by atoms with Gasteiger partial charge in [-0.05, 0) is 19.4 Å². The van der Waals surface area contributed by atoms with Crippen molar-refractivity contribution in [2.24, 2.45) is 5.73 Å². The van der Waals surface area contributed by atoms with E-state index in [1.54, 1.807) is 11.8 Å². The Hall–Kier alpha value is -0.610. The third-order valence-electron chi connectivity index (χ3n) is 1.23. The number of aryl methyl sites for hydroxylation is 1.